The first-order valence-corrected chi connectivity index (χ1v) is 9.79. The maximum Gasteiger partial charge on any atom is 0.231 e. The Bertz CT molecular complexity index is 755. The van der Waals surface area contributed by atoms with E-state index >= 15 is 0 Å². The lowest BCUT2D eigenvalue weighted by Crippen LogP contribution is -2.18. The highest BCUT2D eigenvalue weighted by atomic mass is 32.2. The molecule has 0 aliphatic heterocycles. The van der Waals surface area contributed by atoms with Crippen LogP contribution in [0.15, 0.2) is 24.3 Å². The summed E-state index contributed by atoms with van der Waals surface area (Å²) in [5.41, 5.74) is 6.84. The Morgan fingerprint density at radius 1 is 1.23 bits per heavy atom. The van der Waals surface area contributed by atoms with Crippen LogP contribution in [0.25, 0.3) is 0 Å². The number of carbonyl (C=O) groups excluding carboxylic acids is 2. The molecular formula is C17H22N6O2S. The first kappa shape index (κ1) is 18.4. The molecular weight excluding hydrogens is 352 g/mol. The summed E-state index contributed by atoms with van der Waals surface area (Å²) in [5, 5.41) is 14.6. The van der Waals surface area contributed by atoms with Crippen molar-refractivity contribution in [1.29, 1.82) is 0 Å². The van der Waals surface area contributed by atoms with Crippen LogP contribution in [-0.4, -0.2) is 37.7 Å². The van der Waals surface area contributed by atoms with Crippen molar-refractivity contribution in [2.24, 2.45) is 0 Å². The predicted octanol–water partition coefficient (Wildman–Crippen LogP) is 2.20. The number of hydrogen-bond donors (Lipinski definition) is 2. The summed E-state index contributed by atoms with van der Waals surface area (Å²) >= 11 is 1.43. The minimum atomic E-state index is -0.323. The Balaban J connectivity index is 1.41. The lowest BCUT2D eigenvalue weighted by molar-refractivity contribution is -0.123. The summed E-state index contributed by atoms with van der Waals surface area (Å²) < 4.78 is 1.89. The minimum Gasteiger partial charge on any atom is -0.399 e. The average Bonchev–Trinajstić information content (AvgIpc) is 3.27. The van der Waals surface area contributed by atoms with Gasteiger partial charge in [-0.1, -0.05) is 12.8 Å². The topological polar surface area (TPSA) is 116 Å². The number of amides is 1. The SMILES string of the molecule is Nc1ccc(NC(=O)CC(=O)CSCc2nnnn2C2CCCC2)cc1. The highest BCUT2D eigenvalue weighted by molar-refractivity contribution is 7.99. The standard InChI is InChI=1S/C17H22N6O2S/c18-12-5-7-13(8-6-12)19-17(25)9-15(24)10-26-11-16-20-21-22-23(16)14-3-1-2-4-14/h5-8,14H,1-4,9-11,18H2,(H,19,25). The van der Waals surface area contributed by atoms with Crippen LogP contribution in [0.3, 0.4) is 0 Å². The Labute approximate surface area is 155 Å². The normalized spacial score (nSPS) is 14.5. The molecule has 8 nitrogen and oxygen atoms in total. The van der Waals surface area contributed by atoms with Gasteiger partial charge in [0.05, 0.1) is 24.0 Å². The van der Waals surface area contributed by atoms with E-state index in [-0.39, 0.29) is 23.9 Å². The monoisotopic (exact) mass is 374 g/mol. The van der Waals surface area contributed by atoms with Gasteiger partial charge >= 0.3 is 0 Å². The molecule has 0 bridgehead atoms. The van der Waals surface area contributed by atoms with Crippen molar-refractivity contribution < 1.29 is 9.59 Å². The predicted molar refractivity (Wildman–Crippen MR) is 101 cm³/mol. The second kappa shape index (κ2) is 8.79. The molecule has 0 saturated heterocycles. The summed E-state index contributed by atoms with van der Waals surface area (Å²) in [7, 11) is 0. The van der Waals surface area contributed by atoms with E-state index in [4.69, 9.17) is 5.73 Å². The number of tetrazole rings is 1. The number of aromatic nitrogens is 4. The van der Waals surface area contributed by atoms with Gasteiger partial charge in [-0.25, -0.2) is 4.68 Å². The molecule has 0 atom stereocenters. The van der Waals surface area contributed by atoms with Crippen LogP contribution in [0, 0.1) is 0 Å². The van der Waals surface area contributed by atoms with Gasteiger partial charge in [0.15, 0.2) is 11.6 Å². The van der Waals surface area contributed by atoms with Gasteiger partial charge in [-0.3, -0.25) is 9.59 Å². The zero-order valence-corrected chi connectivity index (χ0v) is 15.2. The zero-order chi connectivity index (χ0) is 18.4. The number of thioether (sulfide) groups is 1. The molecule has 0 spiro atoms. The molecule has 0 radical (unpaired) electrons. The van der Waals surface area contributed by atoms with Crippen molar-refractivity contribution in [1.82, 2.24) is 20.2 Å². The summed E-state index contributed by atoms with van der Waals surface area (Å²) in [4.78, 5) is 23.9. The van der Waals surface area contributed by atoms with Crippen LogP contribution < -0.4 is 11.1 Å². The number of Topliss-reactive ketones (excluding diaryl/α,β-unsaturated/α-hetero) is 1. The second-order valence-corrected chi connectivity index (χ2v) is 7.34. The number of benzene rings is 1. The lowest BCUT2D eigenvalue weighted by atomic mass is 10.2. The second-order valence-electron chi connectivity index (χ2n) is 6.36. The number of nitrogens with two attached hydrogens (primary N) is 1. The molecule has 3 rings (SSSR count). The van der Waals surface area contributed by atoms with E-state index in [1.54, 1.807) is 24.3 Å². The maximum atomic E-state index is 12.0. The Morgan fingerprint density at radius 2 is 1.96 bits per heavy atom. The first-order valence-electron chi connectivity index (χ1n) is 8.63. The van der Waals surface area contributed by atoms with Gasteiger partial charge in [-0.2, -0.15) is 0 Å². The Hall–Kier alpha value is -2.42. The zero-order valence-electron chi connectivity index (χ0n) is 14.4. The molecule has 1 aliphatic carbocycles. The number of anilines is 2. The van der Waals surface area contributed by atoms with Gasteiger partial charge in [-0.15, -0.1) is 16.9 Å². The fourth-order valence-corrected chi connectivity index (χ4v) is 3.80. The van der Waals surface area contributed by atoms with Crippen molar-refractivity contribution in [3.05, 3.63) is 30.1 Å². The van der Waals surface area contributed by atoms with E-state index < -0.39 is 0 Å². The van der Waals surface area contributed by atoms with Crippen molar-refractivity contribution in [2.45, 2.75) is 43.9 Å². The van der Waals surface area contributed by atoms with Gasteiger partial charge in [-0.05, 0) is 47.5 Å². The highest BCUT2D eigenvalue weighted by Gasteiger charge is 2.21. The minimum absolute atomic E-state index is 0.122. The van der Waals surface area contributed by atoms with E-state index in [1.807, 2.05) is 4.68 Å². The van der Waals surface area contributed by atoms with Crippen molar-refractivity contribution in [2.75, 3.05) is 16.8 Å². The third-order valence-electron chi connectivity index (χ3n) is 4.28. The highest BCUT2D eigenvalue weighted by Crippen LogP contribution is 2.29. The van der Waals surface area contributed by atoms with E-state index in [1.165, 1.54) is 24.6 Å². The summed E-state index contributed by atoms with van der Waals surface area (Å²) in [5.74, 6) is 1.17. The number of nitrogen functional groups attached to an aromatic ring is 1. The molecule has 3 N–H and O–H groups in total. The molecule has 138 valence electrons. The van der Waals surface area contributed by atoms with Gasteiger partial charge in [0, 0.05) is 11.4 Å². The fraction of sp³-hybridized carbons (Fsp3) is 0.471. The summed E-state index contributed by atoms with van der Waals surface area (Å²) in [6.45, 7) is 0. The molecule has 1 amide bonds. The smallest absolute Gasteiger partial charge is 0.231 e. The Morgan fingerprint density at radius 3 is 2.69 bits per heavy atom. The average molecular weight is 374 g/mol. The van der Waals surface area contributed by atoms with E-state index in [0.29, 0.717) is 23.2 Å². The molecule has 1 aromatic carbocycles. The molecule has 1 aromatic heterocycles. The van der Waals surface area contributed by atoms with E-state index in [0.717, 1.165) is 18.7 Å². The molecule has 1 aliphatic rings. The molecule has 1 fully saturated rings. The number of carbonyl (C=O) groups is 2. The lowest BCUT2D eigenvalue weighted by Gasteiger charge is -2.10. The third-order valence-corrected chi connectivity index (χ3v) is 5.27. The molecule has 26 heavy (non-hydrogen) atoms. The summed E-state index contributed by atoms with van der Waals surface area (Å²) in [6, 6.07) is 7.18. The third kappa shape index (κ3) is 5.04. The molecule has 0 unspecified atom stereocenters. The van der Waals surface area contributed by atoms with Gasteiger partial charge in [0.25, 0.3) is 0 Å². The van der Waals surface area contributed by atoms with Crippen molar-refractivity contribution >= 4 is 34.8 Å². The van der Waals surface area contributed by atoms with Crippen molar-refractivity contribution in [3.8, 4) is 0 Å². The maximum absolute atomic E-state index is 12.0. The van der Waals surface area contributed by atoms with Crippen LogP contribution in [0.4, 0.5) is 11.4 Å². The van der Waals surface area contributed by atoms with Crippen molar-refractivity contribution in [3.63, 3.8) is 0 Å². The first-order chi connectivity index (χ1) is 12.6. The van der Waals surface area contributed by atoms with Crippen LogP contribution in [0.5, 0.6) is 0 Å². The number of hydrogen-bond acceptors (Lipinski definition) is 7. The summed E-state index contributed by atoms with van der Waals surface area (Å²) in [6.07, 6.45) is 4.47. The van der Waals surface area contributed by atoms with Gasteiger partial charge in [0.2, 0.25) is 5.91 Å². The fourth-order valence-electron chi connectivity index (χ4n) is 3.00. The number of ketones is 1. The van der Waals surface area contributed by atoms with E-state index in [9.17, 15) is 9.59 Å². The van der Waals surface area contributed by atoms with Crippen LogP contribution >= 0.6 is 11.8 Å². The van der Waals surface area contributed by atoms with Crippen LogP contribution in [0.1, 0.15) is 44.0 Å². The largest absolute Gasteiger partial charge is 0.399 e. The quantitative estimate of drug-likeness (QED) is 0.537. The molecule has 2 aromatic rings. The Kier molecular flexibility index (Phi) is 6.21. The number of nitrogens with one attached hydrogen (secondary N) is 1. The van der Waals surface area contributed by atoms with E-state index in [2.05, 4.69) is 20.8 Å². The number of rotatable bonds is 8. The van der Waals surface area contributed by atoms with Crippen LogP contribution in [-0.2, 0) is 15.3 Å². The van der Waals surface area contributed by atoms with Gasteiger partial charge in [0.1, 0.15) is 0 Å². The van der Waals surface area contributed by atoms with Gasteiger partial charge < -0.3 is 11.1 Å². The molecule has 1 heterocycles. The molecule has 1 saturated carbocycles. The number of nitrogens with zero attached hydrogens (tertiary/aromatic N) is 4. The molecule has 9 heteroatoms. The van der Waals surface area contributed by atoms with Crippen LogP contribution in [0.2, 0.25) is 0 Å².